The topological polar surface area (TPSA) is 77.1 Å². The molecule has 1 saturated heterocycles. The van der Waals surface area contributed by atoms with Gasteiger partial charge in [-0.15, -0.1) is 0 Å². The fraction of sp³-hybridized carbons (Fsp3) is 0.385. The molecule has 0 N–H and O–H groups in total. The van der Waals surface area contributed by atoms with E-state index in [0.29, 0.717) is 6.04 Å². The fourth-order valence-electron chi connectivity index (χ4n) is 2.53. The normalized spacial score (nSPS) is 16.3. The zero-order valence-corrected chi connectivity index (χ0v) is 10.9. The molecule has 20 heavy (non-hydrogen) atoms. The van der Waals surface area contributed by atoms with E-state index in [0.717, 1.165) is 31.7 Å². The maximum Gasteiger partial charge on any atom is 0.287 e. The lowest BCUT2D eigenvalue weighted by Crippen LogP contribution is -2.35. The predicted molar refractivity (Wildman–Crippen MR) is 73.6 cm³/mol. The largest absolute Gasteiger partial charge is 0.356 e. The van der Waals surface area contributed by atoms with Crippen LogP contribution in [0.25, 0.3) is 0 Å². The van der Waals surface area contributed by atoms with E-state index in [-0.39, 0.29) is 5.69 Å². The highest BCUT2D eigenvalue weighted by Crippen LogP contribution is 2.25. The third-order valence-electron chi connectivity index (χ3n) is 3.63. The lowest BCUT2D eigenvalue weighted by molar-refractivity contribution is -0.385. The molecule has 2 aromatic heterocycles. The van der Waals surface area contributed by atoms with Gasteiger partial charge in [-0.2, -0.15) is 5.10 Å². The molecule has 0 spiro atoms. The van der Waals surface area contributed by atoms with Gasteiger partial charge >= 0.3 is 0 Å². The molecule has 3 heterocycles. The van der Waals surface area contributed by atoms with Gasteiger partial charge in [0.1, 0.15) is 12.0 Å². The molecule has 0 radical (unpaired) electrons. The van der Waals surface area contributed by atoms with Crippen molar-refractivity contribution < 1.29 is 4.92 Å². The standard InChI is InChI=1S/C13H15N5O2/c19-18(20)12-2-3-13(14-10-12)16-8-4-11(5-9-16)17-7-1-6-15-17/h1-3,6-7,10-11H,4-5,8-9H2. The number of aromatic nitrogens is 3. The number of hydrogen-bond acceptors (Lipinski definition) is 5. The van der Waals surface area contributed by atoms with Crippen molar-refractivity contribution in [3.63, 3.8) is 0 Å². The predicted octanol–water partition coefficient (Wildman–Crippen LogP) is 2.03. The second kappa shape index (κ2) is 5.28. The van der Waals surface area contributed by atoms with Gasteiger partial charge in [0.25, 0.3) is 5.69 Å². The smallest absolute Gasteiger partial charge is 0.287 e. The lowest BCUT2D eigenvalue weighted by Gasteiger charge is -2.32. The van der Waals surface area contributed by atoms with Crippen LogP contribution >= 0.6 is 0 Å². The van der Waals surface area contributed by atoms with Crippen molar-refractivity contribution in [3.05, 3.63) is 46.9 Å². The van der Waals surface area contributed by atoms with E-state index in [1.165, 1.54) is 12.3 Å². The van der Waals surface area contributed by atoms with Gasteiger partial charge in [0.15, 0.2) is 0 Å². The molecule has 1 aliphatic heterocycles. The van der Waals surface area contributed by atoms with E-state index in [1.807, 2.05) is 16.9 Å². The van der Waals surface area contributed by atoms with E-state index in [4.69, 9.17) is 0 Å². The Hall–Kier alpha value is -2.44. The molecular weight excluding hydrogens is 258 g/mol. The van der Waals surface area contributed by atoms with Crippen LogP contribution in [0.15, 0.2) is 36.8 Å². The molecule has 0 atom stereocenters. The maximum absolute atomic E-state index is 10.6. The summed E-state index contributed by atoms with van der Waals surface area (Å²) in [6.07, 6.45) is 7.10. The monoisotopic (exact) mass is 273 g/mol. The lowest BCUT2D eigenvalue weighted by atomic mass is 10.1. The van der Waals surface area contributed by atoms with Crippen molar-refractivity contribution in [2.45, 2.75) is 18.9 Å². The van der Waals surface area contributed by atoms with E-state index in [9.17, 15) is 10.1 Å². The van der Waals surface area contributed by atoms with Gasteiger partial charge in [-0.3, -0.25) is 14.8 Å². The SMILES string of the molecule is O=[N+]([O-])c1ccc(N2CCC(n3cccn3)CC2)nc1. The summed E-state index contributed by atoms with van der Waals surface area (Å²) in [7, 11) is 0. The molecular formula is C13H15N5O2. The minimum atomic E-state index is -0.430. The van der Waals surface area contributed by atoms with Crippen molar-refractivity contribution >= 4 is 11.5 Å². The number of pyridine rings is 1. The highest BCUT2D eigenvalue weighted by Gasteiger charge is 2.21. The quantitative estimate of drug-likeness (QED) is 0.631. The third kappa shape index (κ3) is 2.47. The van der Waals surface area contributed by atoms with Crippen LogP contribution in [0, 0.1) is 10.1 Å². The number of piperidine rings is 1. The van der Waals surface area contributed by atoms with E-state index in [1.54, 1.807) is 12.3 Å². The minimum absolute atomic E-state index is 0.0279. The number of rotatable bonds is 3. The average molecular weight is 273 g/mol. The molecule has 1 fully saturated rings. The van der Waals surface area contributed by atoms with Crippen LogP contribution in [0.4, 0.5) is 11.5 Å². The number of hydrogen-bond donors (Lipinski definition) is 0. The van der Waals surface area contributed by atoms with Gasteiger partial charge in [0.2, 0.25) is 0 Å². The van der Waals surface area contributed by atoms with Crippen LogP contribution < -0.4 is 4.90 Å². The summed E-state index contributed by atoms with van der Waals surface area (Å²) in [6, 6.07) is 5.58. The molecule has 104 valence electrons. The van der Waals surface area contributed by atoms with Crippen molar-refractivity contribution in [1.29, 1.82) is 0 Å². The van der Waals surface area contributed by atoms with Gasteiger partial charge in [-0.1, -0.05) is 0 Å². The Balaban J connectivity index is 1.64. The molecule has 0 bridgehead atoms. The minimum Gasteiger partial charge on any atom is -0.356 e. The number of nitro groups is 1. The summed E-state index contributed by atoms with van der Waals surface area (Å²) in [5, 5.41) is 14.9. The Labute approximate surface area is 116 Å². The van der Waals surface area contributed by atoms with Crippen molar-refractivity contribution in [2.24, 2.45) is 0 Å². The van der Waals surface area contributed by atoms with Gasteiger partial charge in [-0.25, -0.2) is 4.98 Å². The molecule has 7 nitrogen and oxygen atoms in total. The summed E-state index contributed by atoms with van der Waals surface area (Å²) in [4.78, 5) is 16.5. The van der Waals surface area contributed by atoms with Gasteiger partial charge < -0.3 is 4.90 Å². The first-order valence-electron chi connectivity index (χ1n) is 6.58. The number of nitrogens with zero attached hydrogens (tertiary/aromatic N) is 5. The molecule has 3 rings (SSSR count). The Morgan fingerprint density at radius 2 is 2.10 bits per heavy atom. The summed E-state index contributed by atoms with van der Waals surface area (Å²) < 4.78 is 2.00. The van der Waals surface area contributed by atoms with Crippen LogP contribution in [0.3, 0.4) is 0 Å². The first kappa shape index (κ1) is 12.6. The van der Waals surface area contributed by atoms with Crippen LogP contribution in [0.5, 0.6) is 0 Å². The second-order valence-electron chi connectivity index (χ2n) is 4.84. The zero-order valence-electron chi connectivity index (χ0n) is 10.9. The Kier molecular flexibility index (Phi) is 3.32. The average Bonchev–Trinajstić information content (AvgIpc) is 3.02. The summed E-state index contributed by atoms with van der Waals surface area (Å²) in [5.74, 6) is 0.800. The first-order valence-corrected chi connectivity index (χ1v) is 6.58. The molecule has 2 aromatic rings. The van der Waals surface area contributed by atoms with Gasteiger partial charge in [-0.05, 0) is 25.0 Å². The maximum atomic E-state index is 10.6. The number of anilines is 1. The Bertz CT molecular complexity index is 573. The summed E-state index contributed by atoms with van der Waals surface area (Å²) in [5.41, 5.74) is 0.0279. The molecule has 0 unspecified atom stereocenters. The highest BCUT2D eigenvalue weighted by molar-refractivity contribution is 5.43. The van der Waals surface area contributed by atoms with Crippen LogP contribution in [0.2, 0.25) is 0 Å². The summed E-state index contributed by atoms with van der Waals surface area (Å²) >= 11 is 0. The Morgan fingerprint density at radius 3 is 2.65 bits per heavy atom. The zero-order chi connectivity index (χ0) is 13.9. The summed E-state index contributed by atoms with van der Waals surface area (Å²) in [6.45, 7) is 1.77. The van der Waals surface area contributed by atoms with Crippen LogP contribution in [-0.4, -0.2) is 32.8 Å². The molecule has 7 heteroatoms. The third-order valence-corrected chi connectivity index (χ3v) is 3.63. The van der Waals surface area contributed by atoms with Crippen molar-refractivity contribution in [2.75, 3.05) is 18.0 Å². The van der Waals surface area contributed by atoms with Crippen LogP contribution in [-0.2, 0) is 0 Å². The Morgan fingerprint density at radius 1 is 1.30 bits per heavy atom. The molecule has 1 aliphatic rings. The van der Waals surface area contributed by atoms with E-state index < -0.39 is 4.92 Å². The van der Waals surface area contributed by atoms with Crippen molar-refractivity contribution in [1.82, 2.24) is 14.8 Å². The molecule has 0 saturated carbocycles. The van der Waals surface area contributed by atoms with E-state index in [2.05, 4.69) is 15.0 Å². The van der Waals surface area contributed by atoms with E-state index >= 15 is 0 Å². The molecule has 0 aliphatic carbocycles. The molecule has 0 amide bonds. The van der Waals surface area contributed by atoms with Gasteiger partial charge in [0, 0.05) is 31.5 Å². The molecule has 0 aromatic carbocycles. The second-order valence-corrected chi connectivity index (χ2v) is 4.84. The first-order chi connectivity index (χ1) is 9.74. The van der Waals surface area contributed by atoms with Gasteiger partial charge in [0.05, 0.1) is 11.0 Å². The van der Waals surface area contributed by atoms with Crippen LogP contribution in [0.1, 0.15) is 18.9 Å². The van der Waals surface area contributed by atoms with Crippen molar-refractivity contribution in [3.8, 4) is 0 Å². The fourth-order valence-corrected chi connectivity index (χ4v) is 2.53. The highest BCUT2D eigenvalue weighted by atomic mass is 16.6.